The summed E-state index contributed by atoms with van der Waals surface area (Å²) in [6, 6.07) is 0. The summed E-state index contributed by atoms with van der Waals surface area (Å²) in [5.74, 6) is -0.205. The van der Waals surface area contributed by atoms with Gasteiger partial charge >= 0.3 is 5.97 Å². The van der Waals surface area contributed by atoms with E-state index in [1.54, 1.807) is 27.7 Å². The molecule has 1 aliphatic rings. The minimum atomic E-state index is -0.610. The van der Waals surface area contributed by atoms with Gasteiger partial charge in [-0.05, 0) is 27.7 Å². The third kappa shape index (κ3) is 6.56. The summed E-state index contributed by atoms with van der Waals surface area (Å²) in [5.41, 5.74) is 0.294. The molecule has 1 N–H and O–H groups in total. The Labute approximate surface area is 113 Å². The molecular weight excluding hydrogens is 252 g/mol. The standard InChI is InChI=1S/C13H22O6/c1-8(2)18-19-13(15)10(4)12(5-9(3)14)17-7-11-6-16-11/h8-9,11,14H,5-7H2,1-4H3. The van der Waals surface area contributed by atoms with E-state index in [0.717, 1.165) is 0 Å². The molecule has 0 spiro atoms. The second-order valence-corrected chi connectivity index (χ2v) is 4.88. The zero-order valence-corrected chi connectivity index (χ0v) is 11.8. The molecule has 1 saturated heterocycles. The van der Waals surface area contributed by atoms with Crippen LogP contribution in [0, 0.1) is 0 Å². The lowest BCUT2D eigenvalue weighted by atomic mass is 10.1. The van der Waals surface area contributed by atoms with E-state index in [1.165, 1.54) is 0 Å². The van der Waals surface area contributed by atoms with Crippen LogP contribution in [0.1, 0.15) is 34.1 Å². The molecule has 1 fully saturated rings. The highest BCUT2D eigenvalue weighted by Crippen LogP contribution is 2.18. The molecule has 1 rings (SSSR count). The maximum Gasteiger partial charge on any atom is 0.372 e. The second-order valence-electron chi connectivity index (χ2n) is 4.88. The highest BCUT2D eigenvalue weighted by Gasteiger charge is 2.25. The van der Waals surface area contributed by atoms with Gasteiger partial charge < -0.3 is 14.6 Å². The quantitative estimate of drug-likeness (QED) is 0.236. The fourth-order valence-electron chi connectivity index (χ4n) is 1.26. The van der Waals surface area contributed by atoms with Crippen LogP contribution >= 0.6 is 0 Å². The number of hydrogen-bond donors (Lipinski definition) is 1. The van der Waals surface area contributed by atoms with E-state index in [1.807, 2.05) is 0 Å². The van der Waals surface area contributed by atoms with Crippen LogP contribution in [-0.2, 0) is 24.0 Å². The Morgan fingerprint density at radius 2 is 2.05 bits per heavy atom. The molecule has 19 heavy (non-hydrogen) atoms. The van der Waals surface area contributed by atoms with Crippen LogP contribution in [0.15, 0.2) is 11.3 Å². The largest absolute Gasteiger partial charge is 0.494 e. The molecule has 0 aromatic heterocycles. The molecule has 6 heteroatoms. The molecule has 0 bridgehead atoms. The van der Waals surface area contributed by atoms with E-state index < -0.39 is 12.1 Å². The van der Waals surface area contributed by atoms with E-state index in [2.05, 4.69) is 4.89 Å². The predicted molar refractivity (Wildman–Crippen MR) is 67.0 cm³/mol. The van der Waals surface area contributed by atoms with Crippen molar-refractivity contribution < 1.29 is 29.1 Å². The maximum atomic E-state index is 11.7. The summed E-state index contributed by atoms with van der Waals surface area (Å²) < 4.78 is 10.5. The van der Waals surface area contributed by atoms with Crippen molar-refractivity contribution in [1.29, 1.82) is 0 Å². The Kier molecular flexibility index (Phi) is 6.27. The van der Waals surface area contributed by atoms with Crippen molar-refractivity contribution in [3.05, 3.63) is 11.3 Å². The van der Waals surface area contributed by atoms with Crippen LogP contribution in [0.2, 0.25) is 0 Å². The Bertz CT molecular complexity index is 330. The average Bonchev–Trinajstić information content (AvgIpc) is 3.13. The maximum absolute atomic E-state index is 11.7. The van der Waals surface area contributed by atoms with E-state index in [4.69, 9.17) is 14.4 Å². The average molecular weight is 274 g/mol. The van der Waals surface area contributed by atoms with Gasteiger partial charge in [-0.1, -0.05) is 0 Å². The topological polar surface area (TPSA) is 77.5 Å². The van der Waals surface area contributed by atoms with Gasteiger partial charge in [0.1, 0.15) is 18.5 Å². The Hall–Kier alpha value is -1.11. The molecule has 0 aromatic carbocycles. The van der Waals surface area contributed by atoms with Gasteiger partial charge in [0.25, 0.3) is 0 Å². The van der Waals surface area contributed by atoms with E-state index in [-0.39, 0.29) is 18.6 Å². The Morgan fingerprint density at radius 1 is 1.42 bits per heavy atom. The summed E-state index contributed by atoms with van der Waals surface area (Å²) in [6.45, 7) is 7.76. The highest BCUT2D eigenvalue weighted by molar-refractivity contribution is 5.87. The first-order valence-corrected chi connectivity index (χ1v) is 6.40. The molecule has 1 aliphatic heterocycles. The number of epoxide rings is 1. The number of hydrogen-bond acceptors (Lipinski definition) is 6. The van der Waals surface area contributed by atoms with Gasteiger partial charge in [0.15, 0.2) is 0 Å². The number of rotatable bonds is 8. The van der Waals surface area contributed by atoms with Crippen LogP contribution < -0.4 is 0 Å². The monoisotopic (exact) mass is 274 g/mol. The molecule has 0 amide bonds. The van der Waals surface area contributed by atoms with Crippen molar-refractivity contribution in [3.8, 4) is 0 Å². The molecule has 0 aliphatic carbocycles. The van der Waals surface area contributed by atoms with Crippen LogP contribution in [0.3, 0.4) is 0 Å². The van der Waals surface area contributed by atoms with Gasteiger partial charge in [0.05, 0.1) is 24.4 Å². The van der Waals surface area contributed by atoms with Crippen molar-refractivity contribution in [2.45, 2.75) is 52.4 Å². The number of aliphatic hydroxyl groups is 1. The van der Waals surface area contributed by atoms with Crippen LogP contribution in [0.25, 0.3) is 0 Å². The summed E-state index contributed by atoms with van der Waals surface area (Å²) in [4.78, 5) is 21.2. The Balaban J connectivity index is 2.60. The molecule has 0 radical (unpaired) electrons. The number of aliphatic hydroxyl groups excluding tert-OH is 1. The molecular formula is C13H22O6. The summed E-state index contributed by atoms with van der Waals surface area (Å²) >= 11 is 0. The minimum absolute atomic E-state index is 0.0831. The fraction of sp³-hybridized carbons (Fsp3) is 0.769. The van der Waals surface area contributed by atoms with Gasteiger partial charge in [0.2, 0.25) is 0 Å². The first-order chi connectivity index (χ1) is 8.90. The van der Waals surface area contributed by atoms with E-state index in [9.17, 15) is 9.90 Å². The normalized spacial score (nSPS) is 20.8. The first kappa shape index (κ1) is 15.9. The zero-order valence-electron chi connectivity index (χ0n) is 11.8. The van der Waals surface area contributed by atoms with Crippen molar-refractivity contribution in [3.63, 3.8) is 0 Å². The van der Waals surface area contributed by atoms with Crippen LogP contribution in [0.5, 0.6) is 0 Å². The SMILES string of the molecule is CC(C(=O)OOC(C)C)=C(CC(C)O)OCC1CO1. The fourth-order valence-corrected chi connectivity index (χ4v) is 1.26. The Morgan fingerprint density at radius 3 is 2.53 bits per heavy atom. The zero-order chi connectivity index (χ0) is 14.4. The molecule has 110 valence electrons. The van der Waals surface area contributed by atoms with Crippen LogP contribution in [0.4, 0.5) is 0 Å². The van der Waals surface area contributed by atoms with Gasteiger partial charge in [-0.25, -0.2) is 4.79 Å². The van der Waals surface area contributed by atoms with Crippen molar-refractivity contribution in [2.24, 2.45) is 0 Å². The minimum Gasteiger partial charge on any atom is -0.494 e. The summed E-state index contributed by atoms with van der Waals surface area (Å²) in [6.07, 6.45) is -0.489. The smallest absolute Gasteiger partial charge is 0.372 e. The van der Waals surface area contributed by atoms with Gasteiger partial charge in [-0.15, -0.1) is 0 Å². The summed E-state index contributed by atoms with van der Waals surface area (Å²) in [5, 5.41) is 9.42. The van der Waals surface area contributed by atoms with Crippen molar-refractivity contribution >= 4 is 5.97 Å². The van der Waals surface area contributed by atoms with Gasteiger partial charge in [-0.3, -0.25) is 4.89 Å². The molecule has 2 unspecified atom stereocenters. The third-order valence-electron chi connectivity index (χ3n) is 2.37. The first-order valence-electron chi connectivity index (χ1n) is 6.40. The molecule has 2 atom stereocenters. The molecule has 6 nitrogen and oxygen atoms in total. The van der Waals surface area contributed by atoms with E-state index >= 15 is 0 Å². The van der Waals surface area contributed by atoms with Gasteiger partial charge in [-0.2, -0.15) is 4.89 Å². The van der Waals surface area contributed by atoms with Gasteiger partial charge in [0, 0.05) is 6.42 Å². The summed E-state index contributed by atoms with van der Waals surface area (Å²) in [7, 11) is 0. The lowest BCUT2D eigenvalue weighted by molar-refractivity contribution is -0.287. The number of ether oxygens (including phenoxy) is 2. The van der Waals surface area contributed by atoms with E-state index in [0.29, 0.717) is 24.5 Å². The lowest BCUT2D eigenvalue weighted by Crippen LogP contribution is -2.16. The molecule has 0 aromatic rings. The predicted octanol–water partition coefficient (Wildman–Crippen LogP) is 1.33. The van der Waals surface area contributed by atoms with Crippen LogP contribution in [-0.4, -0.2) is 42.6 Å². The number of carbonyl (C=O) groups excluding carboxylic acids is 1. The van der Waals surface area contributed by atoms with Crippen molar-refractivity contribution in [2.75, 3.05) is 13.2 Å². The molecule has 0 saturated carbocycles. The third-order valence-corrected chi connectivity index (χ3v) is 2.37. The molecule has 1 heterocycles. The van der Waals surface area contributed by atoms with Crippen molar-refractivity contribution in [1.82, 2.24) is 0 Å². The highest BCUT2D eigenvalue weighted by atomic mass is 17.2. The number of carbonyl (C=O) groups is 1. The second kappa shape index (κ2) is 7.47. The lowest BCUT2D eigenvalue weighted by Gasteiger charge is -2.14.